The van der Waals surface area contributed by atoms with Crippen LogP contribution in [0.15, 0.2) is 66.7 Å². The lowest BCUT2D eigenvalue weighted by Crippen LogP contribution is -2.48. The van der Waals surface area contributed by atoms with Gasteiger partial charge in [0.1, 0.15) is 12.4 Å². The molecule has 5 rings (SSSR count). The summed E-state index contributed by atoms with van der Waals surface area (Å²) >= 11 is 0. The Labute approximate surface area is 209 Å². The molecule has 2 aliphatic rings. The first-order chi connectivity index (χ1) is 17.3. The third-order valence-corrected chi connectivity index (χ3v) is 6.95. The Hall–Kier alpha value is -3.63. The maximum Gasteiger partial charge on any atom is 0.488 e. The quantitative estimate of drug-likeness (QED) is 0.395. The molecule has 0 aromatic heterocycles. The van der Waals surface area contributed by atoms with Gasteiger partial charge in [-0.05, 0) is 39.9 Å². The highest BCUT2D eigenvalue weighted by Gasteiger charge is 2.30. The second kappa shape index (κ2) is 9.79. The Kier molecular flexibility index (Phi) is 6.55. The van der Waals surface area contributed by atoms with Gasteiger partial charge in [0.05, 0.1) is 0 Å². The normalized spacial score (nSPS) is 15.9. The van der Waals surface area contributed by atoms with E-state index in [4.69, 9.17) is 10.5 Å². The highest BCUT2D eigenvalue weighted by atomic mass is 32.3. The van der Waals surface area contributed by atoms with E-state index in [1.165, 1.54) is 34.4 Å². The van der Waals surface area contributed by atoms with E-state index < -0.39 is 10.5 Å². The van der Waals surface area contributed by atoms with Gasteiger partial charge in [0.25, 0.3) is 0 Å². The van der Waals surface area contributed by atoms with Crippen molar-refractivity contribution in [2.45, 2.75) is 12.5 Å². The van der Waals surface area contributed by atoms with Gasteiger partial charge in [-0.25, -0.2) is 4.79 Å². The third-order valence-electron chi connectivity index (χ3n) is 6.56. The van der Waals surface area contributed by atoms with E-state index >= 15 is 0 Å². The van der Waals surface area contributed by atoms with Gasteiger partial charge in [0.15, 0.2) is 0 Å². The lowest BCUT2D eigenvalue weighted by atomic mass is 9.98. The molecule has 10 heteroatoms. The molecule has 0 spiro atoms. The van der Waals surface area contributed by atoms with Gasteiger partial charge in [-0.3, -0.25) is 4.90 Å². The van der Waals surface area contributed by atoms with E-state index in [-0.39, 0.29) is 30.1 Å². The Morgan fingerprint density at radius 2 is 1.56 bits per heavy atom. The van der Waals surface area contributed by atoms with Gasteiger partial charge in [0, 0.05) is 50.4 Å². The largest absolute Gasteiger partial charge is 0.488 e. The molecule has 1 aliphatic heterocycles. The standard InChI is InChI=1S/C26H26FN3O5S/c27-36(32,33)35-20-14-18(13-19(28)15-20)16-29-9-11-30(12-10-29)26(31)34-17-25-23-7-3-1-5-21(23)22-6-2-4-8-24(22)25/h1-8,13-15,25H,9-12,16-17,28H2. The van der Waals surface area contributed by atoms with E-state index in [2.05, 4.69) is 33.3 Å². The molecule has 188 valence electrons. The highest BCUT2D eigenvalue weighted by molar-refractivity contribution is 7.81. The predicted octanol–water partition coefficient (Wildman–Crippen LogP) is 3.93. The van der Waals surface area contributed by atoms with Crippen molar-refractivity contribution in [2.75, 3.05) is 38.5 Å². The summed E-state index contributed by atoms with van der Waals surface area (Å²) in [5.74, 6) is -0.166. The zero-order valence-corrected chi connectivity index (χ0v) is 20.3. The number of carbonyl (C=O) groups is 1. The monoisotopic (exact) mass is 511 g/mol. The second-order valence-electron chi connectivity index (χ2n) is 8.95. The molecule has 1 aliphatic carbocycles. The summed E-state index contributed by atoms with van der Waals surface area (Å²) in [7, 11) is -5.13. The van der Waals surface area contributed by atoms with Crippen LogP contribution in [0, 0.1) is 0 Å². The van der Waals surface area contributed by atoms with Crippen LogP contribution >= 0.6 is 0 Å². The number of ether oxygens (including phenoxy) is 1. The van der Waals surface area contributed by atoms with Crippen LogP contribution in [-0.4, -0.2) is 57.1 Å². The fourth-order valence-corrected chi connectivity index (χ4v) is 5.30. The number of amides is 1. The van der Waals surface area contributed by atoms with E-state index in [9.17, 15) is 17.1 Å². The number of halogens is 1. The fraction of sp³-hybridized carbons (Fsp3) is 0.269. The first kappa shape index (κ1) is 24.1. The van der Waals surface area contributed by atoms with Crippen LogP contribution < -0.4 is 9.92 Å². The van der Waals surface area contributed by atoms with E-state index in [1.807, 2.05) is 24.3 Å². The van der Waals surface area contributed by atoms with Crippen LogP contribution in [0.3, 0.4) is 0 Å². The Bertz CT molecular complexity index is 1340. The van der Waals surface area contributed by atoms with E-state index in [0.29, 0.717) is 38.3 Å². The molecule has 0 unspecified atom stereocenters. The molecule has 3 aromatic carbocycles. The highest BCUT2D eigenvalue weighted by Crippen LogP contribution is 2.44. The van der Waals surface area contributed by atoms with Crippen LogP contribution in [0.2, 0.25) is 0 Å². The number of anilines is 1. The number of nitrogens with zero attached hydrogens (tertiary/aromatic N) is 2. The van der Waals surface area contributed by atoms with Crippen molar-refractivity contribution < 1.29 is 26.0 Å². The molecule has 1 fully saturated rings. The lowest BCUT2D eigenvalue weighted by Gasteiger charge is -2.34. The number of nitrogen functional groups attached to an aromatic ring is 1. The Morgan fingerprint density at radius 3 is 2.17 bits per heavy atom. The molecule has 3 aromatic rings. The molecule has 0 bridgehead atoms. The van der Waals surface area contributed by atoms with Crippen molar-refractivity contribution in [1.82, 2.24) is 9.80 Å². The first-order valence-electron chi connectivity index (χ1n) is 11.6. The smallest absolute Gasteiger partial charge is 0.448 e. The summed E-state index contributed by atoms with van der Waals surface area (Å²) < 4.78 is 44.5. The maximum atomic E-state index is 12.9. The summed E-state index contributed by atoms with van der Waals surface area (Å²) in [6.45, 7) is 2.89. The van der Waals surface area contributed by atoms with Crippen molar-refractivity contribution in [3.05, 3.63) is 83.4 Å². The number of piperazine rings is 1. The first-order valence-corrected chi connectivity index (χ1v) is 12.9. The minimum atomic E-state index is -5.13. The van der Waals surface area contributed by atoms with Crippen molar-refractivity contribution in [3.63, 3.8) is 0 Å². The Balaban J connectivity index is 1.16. The van der Waals surface area contributed by atoms with Crippen LogP contribution in [0.1, 0.15) is 22.6 Å². The van der Waals surface area contributed by atoms with Gasteiger partial charge in [-0.1, -0.05) is 52.4 Å². The summed E-state index contributed by atoms with van der Waals surface area (Å²) in [6, 6.07) is 20.8. The van der Waals surface area contributed by atoms with E-state index in [0.717, 1.165) is 0 Å². The summed E-state index contributed by atoms with van der Waals surface area (Å²) in [5.41, 5.74) is 11.5. The third kappa shape index (κ3) is 5.29. The lowest BCUT2D eigenvalue weighted by molar-refractivity contribution is 0.0728. The zero-order valence-electron chi connectivity index (χ0n) is 19.5. The zero-order chi connectivity index (χ0) is 25.3. The molecule has 36 heavy (non-hydrogen) atoms. The maximum absolute atomic E-state index is 12.9. The minimum absolute atomic E-state index is 0.00993. The molecule has 0 saturated carbocycles. The number of rotatable bonds is 6. The van der Waals surface area contributed by atoms with Crippen molar-refractivity contribution >= 4 is 22.3 Å². The van der Waals surface area contributed by atoms with Gasteiger partial charge < -0.3 is 19.6 Å². The minimum Gasteiger partial charge on any atom is -0.448 e. The van der Waals surface area contributed by atoms with Crippen LogP contribution in [-0.2, 0) is 21.8 Å². The summed E-state index contributed by atoms with van der Waals surface area (Å²) in [4.78, 5) is 16.6. The van der Waals surface area contributed by atoms with Crippen LogP contribution in [0.4, 0.5) is 14.4 Å². The van der Waals surface area contributed by atoms with Gasteiger partial charge in [-0.15, -0.1) is 0 Å². The number of nitrogens with two attached hydrogens (primary N) is 1. The molecule has 1 saturated heterocycles. The predicted molar refractivity (Wildman–Crippen MR) is 133 cm³/mol. The molecule has 8 nitrogen and oxygen atoms in total. The Morgan fingerprint density at radius 1 is 0.944 bits per heavy atom. The number of carbonyl (C=O) groups excluding carboxylic acids is 1. The van der Waals surface area contributed by atoms with Gasteiger partial charge in [-0.2, -0.15) is 8.42 Å². The molecular weight excluding hydrogens is 485 g/mol. The molecular formula is C26H26FN3O5S. The average molecular weight is 512 g/mol. The number of hydrogen-bond acceptors (Lipinski definition) is 7. The summed E-state index contributed by atoms with van der Waals surface area (Å²) in [5, 5.41) is 0. The van der Waals surface area contributed by atoms with Crippen molar-refractivity contribution in [2.24, 2.45) is 0 Å². The molecule has 2 N–H and O–H groups in total. The SMILES string of the molecule is Nc1cc(CN2CCN(C(=O)OCC3c4ccccc4-c4ccccc43)CC2)cc(OS(=O)(=O)F)c1. The number of fused-ring (bicyclic) bond motifs is 3. The molecule has 1 amide bonds. The van der Waals surface area contributed by atoms with Crippen LogP contribution in [0.5, 0.6) is 5.75 Å². The second-order valence-corrected chi connectivity index (χ2v) is 9.91. The number of benzene rings is 3. The summed E-state index contributed by atoms with van der Waals surface area (Å²) in [6.07, 6.45) is -0.343. The molecule has 1 heterocycles. The van der Waals surface area contributed by atoms with Gasteiger partial charge >= 0.3 is 16.6 Å². The van der Waals surface area contributed by atoms with E-state index in [1.54, 1.807) is 11.0 Å². The van der Waals surface area contributed by atoms with Crippen molar-refractivity contribution in [1.29, 1.82) is 0 Å². The van der Waals surface area contributed by atoms with Gasteiger partial charge in [0.2, 0.25) is 0 Å². The average Bonchev–Trinajstić information content (AvgIpc) is 3.15. The topological polar surface area (TPSA) is 102 Å². The van der Waals surface area contributed by atoms with Crippen LogP contribution in [0.25, 0.3) is 11.1 Å². The van der Waals surface area contributed by atoms with Crippen molar-refractivity contribution in [3.8, 4) is 16.9 Å². The molecule has 0 atom stereocenters. The fourth-order valence-electron chi connectivity index (χ4n) is 4.97. The molecule has 0 radical (unpaired) electrons. The number of hydrogen-bond donors (Lipinski definition) is 1.